The lowest BCUT2D eigenvalue weighted by Crippen LogP contribution is -1.88. The van der Waals surface area contributed by atoms with E-state index in [4.69, 9.17) is 9.47 Å². The largest absolute Gasteiger partial charge is 0.497 e. The van der Waals surface area contributed by atoms with Gasteiger partial charge in [-0.15, -0.1) is 0 Å². The van der Waals surface area contributed by atoms with Crippen LogP contribution in [0.1, 0.15) is 11.1 Å². The van der Waals surface area contributed by atoms with Gasteiger partial charge < -0.3 is 9.47 Å². The molecule has 3 nitrogen and oxygen atoms in total. The van der Waals surface area contributed by atoms with E-state index in [1.54, 1.807) is 26.6 Å². The molecule has 0 atom stereocenters. The van der Waals surface area contributed by atoms with Crippen LogP contribution in [0.4, 0.5) is 0 Å². The zero-order valence-electron chi connectivity index (χ0n) is 10.3. The second kappa shape index (κ2) is 5.74. The summed E-state index contributed by atoms with van der Waals surface area (Å²) >= 11 is 0. The summed E-state index contributed by atoms with van der Waals surface area (Å²) in [5, 5.41) is 0. The zero-order valence-corrected chi connectivity index (χ0v) is 10.3. The number of benzene rings is 1. The molecule has 0 amide bonds. The molecule has 1 aromatic heterocycles. The van der Waals surface area contributed by atoms with Crippen LogP contribution in [0.15, 0.2) is 42.7 Å². The van der Waals surface area contributed by atoms with Gasteiger partial charge in [0.05, 0.1) is 14.2 Å². The van der Waals surface area contributed by atoms with Gasteiger partial charge in [0.2, 0.25) is 0 Å². The summed E-state index contributed by atoms with van der Waals surface area (Å²) in [4.78, 5) is 3.95. The van der Waals surface area contributed by atoms with E-state index in [9.17, 15) is 0 Å². The van der Waals surface area contributed by atoms with E-state index >= 15 is 0 Å². The summed E-state index contributed by atoms with van der Waals surface area (Å²) in [5.74, 6) is 7.59. The first-order valence-electron chi connectivity index (χ1n) is 5.47. The van der Waals surface area contributed by atoms with E-state index in [1.165, 1.54) is 0 Å². The van der Waals surface area contributed by atoms with Crippen molar-refractivity contribution in [2.75, 3.05) is 14.2 Å². The second-order valence-electron chi connectivity index (χ2n) is 3.59. The second-order valence-corrected chi connectivity index (χ2v) is 3.59. The summed E-state index contributed by atoms with van der Waals surface area (Å²) in [6.45, 7) is 0. The molecule has 1 aromatic carbocycles. The molecule has 0 fully saturated rings. The van der Waals surface area contributed by atoms with Crippen LogP contribution in [0.3, 0.4) is 0 Å². The molecule has 0 unspecified atom stereocenters. The number of ether oxygens (including phenoxy) is 2. The first-order valence-corrected chi connectivity index (χ1v) is 5.47. The lowest BCUT2D eigenvalue weighted by Gasteiger charge is -2.04. The third-order valence-electron chi connectivity index (χ3n) is 2.38. The van der Waals surface area contributed by atoms with Gasteiger partial charge in [0.1, 0.15) is 11.5 Å². The third-order valence-corrected chi connectivity index (χ3v) is 2.38. The fourth-order valence-electron chi connectivity index (χ4n) is 1.46. The summed E-state index contributed by atoms with van der Waals surface area (Å²) in [7, 11) is 3.24. The third kappa shape index (κ3) is 3.02. The average Bonchev–Trinajstić information content (AvgIpc) is 2.45. The predicted molar refractivity (Wildman–Crippen MR) is 69.8 cm³/mol. The Bertz CT molecular complexity index is 560. The molecule has 0 saturated carbocycles. The maximum Gasteiger partial charge on any atom is 0.123 e. The van der Waals surface area contributed by atoms with E-state index in [-0.39, 0.29) is 0 Å². The van der Waals surface area contributed by atoms with Crippen LogP contribution in [0.25, 0.3) is 0 Å². The topological polar surface area (TPSA) is 31.4 Å². The Labute approximate surface area is 106 Å². The average molecular weight is 239 g/mol. The molecule has 0 N–H and O–H groups in total. The van der Waals surface area contributed by atoms with Gasteiger partial charge in [-0.1, -0.05) is 11.8 Å². The SMILES string of the molecule is COc1cc(C#Cc2ccncc2)cc(OC)c1. The van der Waals surface area contributed by atoms with Crippen LogP contribution in [0, 0.1) is 11.8 Å². The van der Waals surface area contributed by atoms with Gasteiger partial charge in [0.15, 0.2) is 0 Å². The summed E-state index contributed by atoms with van der Waals surface area (Å²) < 4.78 is 10.4. The minimum Gasteiger partial charge on any atom is -0.497 e. The van der Waals surface area contributed by atoms with Gasteiger partial charge in [0, 0.05) is 29.6 Å². The van der Waals surface area contributed by atoms with Crippen molar-refractivity contribution in [3.8, 4) is 23.3 Å². The Hall–Kier alpha value is -2.47. The smallest absolute Gasteiger partial charge is 0.123 e. The van der Waals surface area contributed by atoms with Gasteiger partial charge in [0.25, 0.3) is 0 Å². The van der Waals surface area contributed by atoms with Crippen molar-refractivity contribution in [2.24, 2.45) is 0 Å². The Morgan fingerprint density at radius 1 is 0.833 bits per heavy atom. The number of aromatic nitrogens is 1. The molecular weight excluding hydrogens is 226 g/mol. The molecule has 90 valence electrons. The molecule has 3 heteroatoms. The Balaban J connectivity index is 2.32. The molecule has 0 radical (unpaired) electrons. The molecule has 1 heterocycles. The standard InChI is InChI=1S/C15H13NO2/c1-17-14-9-13(10-15(11-14)18-2)4-3-12-5-7-16-8-6-12/h5-11H,1-2H3. The minimum absolute atomic E-state index is 0.730. The van der Waals surface area contributed by atoms with E-state index in [0.29, 0.717) is 0 Å². The highest BCUT2D eigenvalue weighted by Crippen LogP contribution is 2.21. The van der Waals surface area contributed by atoms with Crippen molar-refractivity contribution >= 4 is 0 Å². The normalized spacial score (nSPS) is 9.22. The Morgan fingerprint density at radius 3 is 1.94 bits per heavy atom. The van der Waals surface area contributed by atoms with Crippen molar-refractivity contribution < 1.29 is 9.47 Å². The minimum atomic E-state index is 0.730. The van der Waals surface area contributed by atoms with E-state index in [2.05, 4.69) is 16.8 Å². The molecule has 18 heavy (non-hydrogen) atoms. The van der Waals surface area contributed by atoms with Crippen LogP contribution in [0.5, 0.6) is 11.5 Å². The molecule has 0 aliphatic carbocycles. The lowest BCUT2D eigenvalue weighted by atomic mass is 10.2. The molecular formula is C15H13NO2. The lowest BCUT2D eigenvalue weighted by molar-refractivity contribution is 0.394. The highest BCUT2D eigenvalue weighted by molar-refractivity contribution is 5.48. The molecule has 0 saturated heterocycles. The first-order chi connectivity index (χ1) is 8.81. The molecule has 0 aliphatic rings. The highest BCUT2D eigenvalue weighted by atomic mass is 16.5. The van der Waals surface area contributed by atoms with Crippen molar-refractivity contribution in [3.63, 3.8) is 0 Å². The first kappa shape index (κ1) is 12.0. The highest BCUT2D eigenvalue weighted by Gasteiger charge is 1.99. The van der Waals surface area contributed by atoms with Crippen LogP contribution in [-0.4, -0.2) is 19.2 Å². The number of hydrogen-bond donors (Lipinski definition) is 0. The van der Waals surface area contributed by atoms with Crippen LogP contribution >= 0.6 is 0 Å². The maximum atomic E-state index is 5.19. The van der Waals surface area contributed by atoms with Gasteiger partial charge in [-0.2, -0.15) is 0 Å². The van der Waals surface area contributed by atoms with E-state index in [1.807, 2.05) is 30.3 Å². The van der Waals surface area contributed by atoms with Gasteiger partial charge in [-0.3, -0.25) is 4.98 Å². The molecule has 0 bridgehead atoms. The maximum absolute atomic E-state index is 5.19. The number of rotatable bonds is 2. The van der Waals surface area contributed by atoms with Crippen LogP contribution in [0.2, 0.25) is 0 Å². The van der Waals surface area contributed by atoms with Crippen molar-refractivity contribution in [1.29, 1.82) is 0 Å². The molecule has 2 aromatic rings. The van der Waals surface area contributed by atoms with Crippen LogP contribution in [-0.2, 0) is 0 Å². The molecule has 0 aliphatic heterocycles. The monoisotopic (exact) mass is 239 g/mol. The quantitative estimate of drug-likeness (QED) is 0.754. The number of nitrogens with zero attached hydrogens (tertiary/aromatic N) is 1. The fourth-order valence-corrected chi connectivity index (χ4v) is 1.46. The van der Waals surface area contributed by atoms with Crippen LogP contribution < -0.4 is 9.47 Å². The fraction of sp³-hybridized carbons (Fsp3) is 0.133. The molecule has 2 rings (SSSR count). The predicted octanol–water partition coefficient (Wildman–Crippen LogP) is 2.50. The zero-order chi connectivity index (χ0) is 12.8. The molecule has 0 spiro atoms. The Kier molecular flexibility index (Phi) is 3.83. The number of pyridine rings is 1. The van der Waals surface area contributed by atoms with E-state index < -0.39 is 0 Å². The van der Waals surface area contributed by atoms with Crippen molar-refractivity contribution in [3.05, 3.63) is 53.9 Å². The van der Waals surface area contributed by atoms with Gasteiger partial charge >= 0.3 is 0 Å². The van der Waals surface area contributed by atoms with Crippen molar-refractivity contribution in [1.82, 2.24) is 4.98 Å². The van der Waals surface area contributed by atoms with Crippen molar-refractivity contribution in [2.45, 2.75) is 0 Å². The summed E-state index contributed by atoms with van der Waals surface area (Å²) in [6, 6.07) is 9.29. The van der Waals surface area contributed by atoms with Gasteiger partial charge in [-0.05, 0) is 24.3 Å². The van der Waals surface area contributed by atoms with Gasteiger partial charge in [-0.25, -0.2) is 0 Å². The number of methoxy groups -OCH3 is 2. The summed E-state index contributed by atoms with van der Waals surface area (Å²) in [5.41, 5.74) is 1.77. The summed E-state index contributed by atoms with van der Waals surface area (Å²) in [6.07, 6.45) is 3.44. The number of hydrogen-bond acceptors (Lipinski definition) is 3. The Morgan fingerprint density at radius 2 is 1.39 bits per heavy atom. The van der Waals surface area contributed by atoms with E-state index in [0.717, 1.165) is 22.6 Å².